The van der Waals surface area contributed by atoms with E-state index in [0.29, 0.717) is 12.4 Å². The van der Waals surface area contributed by atoms with Gasteiger partial charge in [-0.05, 0) is 25.1 Å². The van der Waals surface area contributed by atoms with E-state index in [9.17, 15) is 14.9 Å². The third-order valence-corrected chi connectivity index (χ3v) is 2.94. The molecule has 0 bridgehead atoms. The second-order valence-corrected chi connectivity index (χ2v) is 4.38. The van der Waals surface area contributed by atoms with Gasteiger partial charge < -0.3 is 14.8 Å². The number of amides is 1. The highest BCUT2D eigenvalue weighted by atomic mass is 16.6. The number of carbonyl (C=O) groups excluding carboxylic acids is 1. The summed E-state index contributed by atoms with van der Waals surface area (Å²) in [5.74, 6) is 0.00282. The molecule has 1 aromatic heterocycles. The third kappa shape index (κ3) is 3.73. The average molecular weight is 317 g/mol. The van der Waals surface area contributed by atoms with Crippen molar-refractivity contribution in [3.63, 3.8) is 0 Å². The molecule has 1 amide bonds. The van der Waals surface area contributed by atoms with Crippen LogP contribution in [0.15, 0.2) is 36.5 Å². The molecule has 2 rings (SSSR count). The summed E-state index contributed by atoms with van der Waals surface area (Å²) in [4.78, 5) is 26.7. The van der Waals surface area contributed by atoms with Gasteiger partial charge in [-0.1, -0.05) is 0 Å². The fourth-order valence-electron chi connectivity index (χ4n) is 1.91. The molecule has 0 aliphatic heterocycles. The minimum Gasteiger partial charge on any atom is -0.495 e. The molecule has 0 aliphatic carbocycles. The predicted molar refractivity (Wildman–Crippen MR) is 83.0 cm³/mol. The zero-order chi connectivity index (χ0) is 16.8. The van der Waals surface area contributed by atoms with E-state index in [1.165, 1.54) is 31.5 Å². The molecular formula is C15H15N3O5. The predicted octanol–water partition coefficient (Wildman–Crippen LogP) is 2.65. The van der Waals surface area contributed by atoms with E-state index in [-0.39, 0.29) is 22.8 Å². The molecule has 1 N–H and O–H groups in total. The summed E-state index contributed by atoms with van der Waals surface area (Å²) in [5, 5.41) is 13.5. The molecule has 0 unspecified atom stereocenters. The third-order valence-electron chi connectivity index (χ3n) is 2.94. The van der Waals surface area contributed by atoms with Gasteiger partial charge in [0.05, 0.1) is 24.3 Å². The van der Waals surface area contributed by atoms with Crippen molar-refractivity contribution < 1.29 is 19.2 Å². The minimum atomic E-state index is -0.551. The van der Waals surface area contributed by atoms with Crippen molar-refractivity contribution >= 4 is 17.3 Å². The fraction of sp³-hybridized carbons (Fsp3) is 0.200. The van der Waals surface area contributed by atoms with Crippen LogP contribution in [0, 0.1) is 10.1 Å². The van der Waals surface area contributed by atoms with E-state index in [1.54, 1.807) is 19.1 Å². The Kier molecular flexibility index (Phi) is 5.08. The monoisotopic (exact) mass is 317 g/mol. The van der Waals surface area contributed by atoms with Crippen molar-refractivity contribution in [2.75, 3.05) is 19.0 Å². The Balaban J connectivity index is 2.33. The highest BCUT2D eigenvalue weighted by Crippen LogP contribution is 2.29. The van der Waals surface area contributed by atoms with E-state index in [1.807, 2.05) is 0 Å². The number of nitro benzene ring substituents is 1. The van der Waals surface area contributed by atoms with Crippen LogP contribution in [-0.4, -0.2) is 29.5 Å². The summed E-state index contributed by atoms with van der Waals surface area (Å²) in [6.07, 6.45) is 1.51. The summed E-state index contributed by atoms with van der Waals surface area (Å²) < 4.78 is 10.4. The summed E-state index contributed by atoms with van der Waals surface area (Å²) in [7, 11) is 1.41. The Bertz CT molecular complexity index is 733. The molecule has 120 valence electrons. The fourth-order valence-corrected chi connectivity index (χ4v) is 1.91. The van der Waals surface area contributed by atoms with E-state index < -0.39 is 10.8 Å². The van der Waals surface area contributed by atoms with Crippen molar-refractivity contribution in [3.05, 3.63) is 52.2 Å². The molecule has 1 heterocycles. The molecule has 1 aromatic carbocycles. The van der Waals surface area contributed by atoms with Gasteiger partial charge in [0.25, 0.3) is 11.6 Å². The largest absolute Gasteiger partial charge is 0.495 e. The lowest BCUT2D eigenvalue weighted by Gasteiger charge is -2.11. The second kappa shape index (κ2) is 7.21. The number of hydrogen-bond donors (Lipinski definition) is 1. The first-order chi connectivity index (χ1) is 11.1. The average Bonchev–Trinajstić information content (AvgIpc) is 2.55. The number of methoxy groups -OCH3 is 1. The van der Waals surface area contributed by atoms with E-state index in [2.05, 4.69) is 10.3 Å². The molecule has 0 saturated carbocycles. The number of non-ortho nitro benzene ring substituents is 1. The zero-order valence-corrected chi connectivity index (χ0v) is 12.6. The number of rotatable bonds is 6. The first kappa shape index (κ1) is 16.2. The lowest BCUT2D eigenvalue weighted by atomic mass is 10.2. The van der Waals surface area contributed by atoms with E-state index in [4.69, 9.17) is 9.47 Å². The van der Waals surface area contributed by atoms with Gasteiger partial charge in [0.15, 0.2) is 0 Å². The summed E-state index contributed by atoms with van der Waals surface area (Å²) >= 11 is 0. The number of benzene rings is 1. The van der Waals surface area contributed by atoms with Gasteiger partial charge in [-0.3, -0.25) is 14.9 Å². The number of carbonyl (C=O) groups is 1. The molecule has 0 fully saturated rings. The van der Waals surface area contributed by atoms with Crippen LogP contribution in [0.3, 0.4) is 0 Å². The molecule has 0 atom stereocenters. The first-order valence-corrected chi connectivity index (χ1v) is 6.78. The molecule has 8 heteroatoms. The normalized spacial score (nSPS) is 10.0. The summed E-state index contributed by atoms with van der Waals surface area (Å²) in [6.45, 7) is 2.14. The number of hydrogen-bond acceptors (Lipinski definition) is 6. The van der Waals surface area contributed by atoms with E-state index in [0.717, 1.165) is 0 Å². The molecule has 23 heavy (non-hydrogen) atoms. The van der Waals surface area contributed by atoms with Crippen LogP contribution in [0.25, 0.3) is 0 Å². The number of anilines is 1. The Morgan fingerprint density at radius 2 is 2.17 bits per heavy atom. The minimum absolute atomic E-state index is 0.155. The van der Waals surface area contributed by atoms with Crippen molar-refractivity contribution in [3.8, 4) is 11.6 Å². The SMILES string of the molecule is CCOc1ncccc1C(=O)Nc1cc([N+](=O)[O-])ccc1OC. The summed E-state index contributed by atoms with van der Waals surface area (Å²) in [6, 6.07) is 7.09. The molecule has 2 aromatic rings. The molecule has 8 nitrogen and oxygen atoms in total. The molecule has 0 spiro atoms. The molecular weight excluding hydrogens is 302 g/mol. The second-order valence-electron chi connectivity index (χ2n) is 4.38. The molecule has 0 aliphatic rings. The van der Waals surface area contributed by atoms with Gasteiger partial charge >= 0.3 is 0 Å². The van der Waals surface area contributed by atoms with Gasteiger partial charge in [-0.25, -0.2) is 4.98 Å². The number of nitrogens with zero attached hydrogens (tertiary/aromatic N) is 2. The lowest BCUT2D eigenvalue weighted by molar-refractivity contribution is -0.384. The number of ether oxygens (including phenoxy) is 2. The standard InChI is InChI=1S/C15H15N3O5/c1-3-23-15-11(5-4-8-16-15)14(19)17-12-9-10(18(20)21)6-7-13(12)22-2/h4-9H,3H2,1-2H3,(H,17,19). The van der Waals surface area contributed by atoms with Gasteiger partial charge in [-0.2, -0.15) is 0 Å². The Labute approximate surface area is 132 Å². The number of nitrogens with one attached hydrogen (secondary N) is 1. The molecule has 0 saturated heterocycles. The Hall–Kier alpha value is -3.16. The topological polar surface area (TPSA) is 104 Å². The maximum atomic E-state index is 12.4. The maximum absolute atomic E-state index is 12.4. The molecule has 0 radical (unpaired) electrons. The van der Waals surface area contributed by atoms with E-state index >= 15 is 0 Å². The zero-order valence-electron chi connectivity index (χ0n) is 12.6. The van der Waals surface area contributed by atoms with Crippen LogP contribution in [0.4, 0.5) is 11.4 Å². The van der Waals surface area contributed by atoms with Gasteiger partial charge in [0, 0.05) is 18.3 Å². The van der Waals surface area contributed by atoms with Crippen LogP contribution in [0.1, 0.15) is 17.3 Å². The van der Waals surface area contributed by atoms with Gasteiger partial charge in [0.2, 0.25) is 5.88 Å². The van der Waals surface area contributed by atoms with Crippen LogP contribution < -0.4 is 14.8 Å². The van der Waals surface area contributed by atoms with Crippen LogP contribution >= 0.6 is 0 Å². The highest BCUT2D eigenvalue weighted by molar-refractivity contribution is 6.06. The van der Waals surface area contributed by atoms with Crippen molar-refractivity contribution in [2.24, 2.45) is 0 Å². The Morgan fingerprint density at radius 1 is 1.39 bits per heavy atom. The maximum Gasteiger partial charge on any atom is 0.271 e. The quantitative estimate of drug-likeness (QED) is 0.649. The van der Waals surface area contributed by atoms with Gasteiger partial charge in [-0.15, -0.1) is 0 Å². The van der Waals surface area contributed by atoms with Crippen LogP contribution in [0.2, 0.25) is 0 Å². The number of pyridine rings is 1. The first-order valence-electron chi connectivity index (χ1n) is 6.78. The number of aromatic nitrogens is 1. The van der Waals surface area contributed by atoms with Crippen molar-refractivity contribution in [1.82, 2.24) is 4.98 Å². The summed E-state index contributed by atoms with van der Waals surface area (Å²) in [5.41, 5.74) is 0.262. The number of nitro groups is 1. The van der Waals surface area contributed by atoms with Gasteiger partial charge in [0.1, 0.15) is 11.3 Å². The highest BCUT2D eigenvalue weighted by Gasteiger charge is 2.17. The van der Waals surface area contributed by atoms with Crippen molar-refractivity contribution in [2.45, 2.75) is 6.92 Å². The smallest absolute Gasteiger partial charge is 0.271 e. The Morgan fingerprint density at radius 3 is 2.83 bits per heavy atom. The van der Waals surface area contributed by atoms with Crippen LogP contribution in [0.5, 0.6) is 11.6 Å². The van der Waals surface area contributed by atoms with Crippen molar-refractivity contribution in [1.29, 1.82) is 0 Å². The lowest BCUT2D eigenvalue weighted by Crippen LogP contribution is -2.15. The van der Waals surface area contributed by atoms with Crippen LogP contribution in [-0.2, 0) is 0 Å².